The molecular weight excluding hydrogens is 578 g/mol. The Morgan fingerprint density at radius 2 is 1.80 bits per heavy atom. The number of nitrogens with one attached hydrogen (secondary N) is 4. The topological polar surface area (TPSA) is 119 Å². The number of aliphatic imine (C=N–C) groups is 1. The average molecular weight is 630 g/mol. The van der Waals surface area contributed by atoms with Crippen molar-refractivity contribution in [1.82, 2.24) is 26.7 Å². The van der Waals surface area contributed by atoms with Crippen molar-refractivity contribution < 1.29 is 14.3 Å². The number of nitrogens with zero attached hydrogens (tertiary/aromatic N) is 3. The van der Waals surface area contributed by atoms with E-state index in [2.05, 4.69) is 66.4 Å². The summed E-state index contributed by atoms with van der Waals surface area (Å²) in [5.41, 5.74) is 10.4. The first-order valence-electron chi connectivity index (χ1n) is 16.8. The van der Waals surface area contributed by atoms with Crippen LogP contribution in [0.25, 0.3) is 0 Å². The molecule has 46 heavy (non-hydrogen) atoms. The Kier molecular flexibility index (Phi) is 10.1. The van der Waals surface area contributed by atoms with Gasteiger partial charge in [-0.3, -0.25) is 20.0 Å². The number of amides is 2. The summed E-state index contributed by atoms with van der Waals surface area (Å²) < 4.78 is 5.99. The molecule has 0 unspecified atom stereocenters. The van der Waals surface area contributed by atoms with Crippen molar-refractivity contribution in [2.45, 2.75) is 105 Å². The molecule has 0 bridgehead atoms. The fourth-order valence-electron chi connectivity index (χ4n) is 6.79. The quantitative estimate of drug-likeness (QED) is 0.247. The molecule has 2 heterocycles. The van der Waals surface area contributed by atoms with Crippen LogP contribution in [0.4, 0.5) is 0 Å². The summed E-state index contributed by atoms with van der Waals surface area (Å²) >= 11 is 0. The molecule has 1 fully saturated rings. The molecule has 3 aliphatic rings. The van der Waals surface area contributed by atoms with Crippen molar-refractivity contribution in [2.75, 3.05) is 6.54 Å². The molecule has 10 heteroatoms. The molecule has 2 aliphatic heterocycles. The zero-order chi connectivity index (χ0) is 33.1. The largest absolute Gasteiger partial charge is 0.491 e. The molecule has 2 aromatic carbocycles. The molecule has 5 rings (SSSR count). The number of hydrazine groups is 2. The van der Waals surface area contributed by atoms with Crippen LogP contribution < -0.4 is 26.5 Å². The summed E-state index contributed by atoms with van der Waals surface area (Å²) in [5, 5.41) is 6.90. The molecule has 1 saturated carbocycles. The summed E-state index contributed by atoms with van der Waals surface area (Å²) in [4.78, 5) is 35.1. The van der Waals surface area contributed by atoms with Crippen LogP contribution >= 0.6 is 0 Å². The van der Waals surface area contributed by atoms with Crippen LogP contribution in [0.5, 0.6) is 5.75 Å². The minimum atomic E-state index is -0.609. The molecule has 2 aromatic rings. The predicted octanol–water partition coefficient (Wildman–Crippen LogP) is 5.87. The number of hydrazone groups is 1. The van der Waals surface area contributed by atoms with Crippen molar-refractivity contribution in [2.24, 2.45) is 27.3 Å². The molecule has 2 amide bonds. The highest BCUT2D eigenvalue weighted by molar-refractivity contribution is 6.46. The molecule has 10 nitrogen and oxygen atoms in total. The fourth-order valence-corrected chi connectivity index (χ4v) is 6.79. The zero-order valence-electron chi connectivity index (χ0n) is 28.4. The number of rotatable bonds is 11. The van der Waals surface area contributed by atoms with Gasteiger partial charge < -0.3 is 15.0 Å². The van der Waals surface area contributed by atoms with E-state index in [0.29, 0.717) is 28.9 Å². The molecule has 1 atom stereocenters. The van der Waals surface area contributed by atoms with Crippen molar-refractivity contribution in [3.63, 3.8) is 0 Å². The van der Waals surface area contributed by atoms with Crippen LogP contribution in [0.1, 0.15) is 115 Å². The maximum atomic E-state index is 14.7. The Morgan fingerprint density at radius 3 is 2.41 bits per heavy atom. The maximum absolute atomic E-state index is 14.7. The first kappa shape index (κ1) is 33.4. The lowest BCUT2D eigenvalue weighted by atomic mass is 9.75. The van der Waals surface area contributed by atoms with E-state index in [0.717, 1.165) is 55.4 Å². The van der Waals surface area contributed by atoms with Crippen molar-refractivity contribution >= 4 is 23.4 Å². The van der Waals surface area contributed by atoms with Gasteiger partial charge in [0.1, 0.15) is 17.1 Å². The number of benzene rings is 2. The fraction of sp³-hybridized carbons (Fsp3) is 0.556. The third kappa shape index (κ3) is 7.71. The molecule has 1 aliphatic carbocycles. The van der Waals surface area contributed by atoms with E-state index in [-0.39, 0.29) is 35.9 Å². The van der Waals surface area contributed by atoms with E-state index in [1.165, 1.54) is 0 Å². The number of ether oxygens (including phenoxy) is 1. The Bertz CT molecular complexity index is 1450. The van der Waals surface area contributed by atoms with E-state index in [1.807, 2.05) is 62.4 Å². The summed E-state index contributed by atoms with van der Waals surface area (Å²) in [7, 11) is 0. The van der Waals surface area contributed by atoms with Gasteiger partial charge in [-0.25, -0.2) is 5.53 Å². The molecule has 4 N–H and O–H groups in total. The van der Waals surface area contributed by atoms with Crippen LogP contribution in [-0.4, -0.2) is 46.6 Å². The van der Waals surface area contributed by atoms with Gasteiger partial charge in [0.2, 0.25) is 0 Å². The van der Waals surface area contributed by atoms with Crippen LogP contribution in [0.15, 0.2) is 58.6 Å². The second kappa shape index (κ2) is 13.8. The Balaban J connectivity index is 1.49. The van der Waals surface area contributed by atoms with Crippen LogP contribution in [0.3, 0.4) is 0 Å². The molecule has 0 radical (unpaired) electrons. The van der Waals surface area contributed by atoms with Crippen molar-refractivity contribution in [3.05, 3.63) is 65.2 Å². The van der Waals surface area contributed by atoms with Crippen LogP contribution in [-0.2, 0) is 4.79 Å². The first-order valence-corrected chi connectivity index (χ1v) is 16.8. The van der Waals surface area contributed by atoms with Crippen molar-refractivity contribution in [1.29, 1.82) is 0 Å². The van der Waals surface area contributed by atoms with Gasteiger partial charge in [-0.2, -0.15) is 0 Å². The average Bonchev–Trinajstić information content (AvgIpc) is 3.63. The molecule has 0 saturated heterocycles. The van der Waals surface area contributed by atoms with Gasteiger partial charge in [-0.05, 0) is 99.5 Å². The summed E-state index contributed by atoms with van der Waals surface area (Å²) in [6.07, 6.45) is 5.48. The van der Waals surface area contributed by atoms with Crippen LogP contribution in [0.2, 0.25) is 0 Å². The highest BCUT2D eigenvalue weighted by atomic mass is 16.5. The lowest BCUT2D eigenvalue weighted by molar-refractivity contribution is -0.133. The third-order valence-corrected chi connectivity index (χ3v) is 9.35. The standard InChI is InChI=1S/C36H51N7O3/c1-23(2)25-15-19-36(20-16-25)38-32(28-9-8-10-29(21-28)46-24(3)4)34(45)43(36)30(17-18-35(5,6)7)26-11-13-27(14-12-26)33(44)37-22-31-39-41-42-40-31/h8-14,21,23-25,30,41-42H,15-20,22H2,1-7H3,(H,37,44)(H,39,40)/t25?,30-,36?/m1/s1. The molecule has 1 spiro atoms. The second-order valence-corrected chi connectivity index (χ2v) is 14.7. The highest BCUT2D eigenvalue weighted by Crippen LogP contribution is 2.48. The van der Waals surface area contributed by atoms with E-state index in [1.54, 1.807) is 0 Å². The highest BCUT2D eigenvalue weighted by Gasteiger charge is 2.52. The molecule has 248 valence electrons. The lowest BCUT2D eigenvalue weighted by Crippen LogP contribution is -2.51. The molecular formula is C36H51N7O3. The molecule has 0 aromatic heterocycles. The van der Waals surface area contributed by atoms with Gasteiger partial charge in [0.05, 0.1) is 18.7 Å². The van der Waals surface area contributed by atoms with Gasteiger partial charge >= 0.3 is 0 Å². The van der Waals surface area contributed by atoms with Gasteiger partial charge in [0.15, 0.2) is 5.84 Å². The van der Waals surface area contributed by atoms with Gasteiger partial charge in [-0.15, -0.1) is 10.6 Å². The van der Waals surface area contributed by atoms with Gasteiger partial charge in [0.25, 0.3) is 11.8 Å². The number of carbonyl (C=O) groups is 2. The SMILES string of the molecule is CC(C)Oc1cccc(C2=NC3(CCC(C(C)C)CC3)N([C@H](CCC(C)(C)C)c3ccc(C(=O)NCC4=NNNN4)cc3)C2=O)c1. The number of amidine groups is 1. The van der Waals surface area contributed by atoms with Crippen LogP contribution in [0, 0.1) is 17.3 Å². The smallest absolute Gasteiger partial charge is 0.275 e. The Morgan fingerprint density at radius 1 is 1.09 bits per heavy atom. The number of carbonyl (C=O) groups excluding carboxylic acids is 2. The Hall–Kier alpha value is -3.92. The maximum Gasteiger partial charge on any atom is 0.275 e. The van der Waals surface area contributed by atoms with Gasteiger partial charge in [-0.1, -0.05) is 58.9 Å². The first-order chi connectivity index (χ1) is 21.8. The predicted molar refractivity (Wildman–Crippen MR) is 182 cm³/mol. The minimum absolute atomic E-state index is 0.0274. The van der Waals surface area contributed by atoms with E-state index in [4.69, 9.17) is 9.73 Å². The van der Waals surface area contributed by atoms with E-state index in [9.17, 15) is 9.59 Å². The van der Waals surface area contributed by atoms with E-state index >= 15 is 0 Å². The summed E-state index contributed by atoms with van der Waals surface area (Å²) in [6, 6.07) is 15.3. The monoisotopic (exact) mass is 629 g/mol. The van der Waals surface area contributed by atoms with E-state index < -0.39 is 5.66 Å². The number of hydrogen-bond acceptors (Lipinski definition) is 8. The van der Waals surface area contributed by atoms with Crippen molar-refractivity contribution in [3.8, 4) is 5.75 Å². The summed E-state index contributed by atoms with van der Waals surface area (Å²) in [6.45, 7) is 15.6. The third-order valence-electron chi connectivity index (χ3n) is 9.35. The lowest BCUT2D eigenvalue weighted by Gasteiger charge is -2.46. The zero-order valence-corrected chi connectivity index (χ0v) is 28.4. The number of hydrogen-bond donors (Lipinski definition) is 4. The van der Waals surface area contributed by atoms with Gasteiger partial charge in [0, 0.05) is 11.1 Å². The second-order valence-electron chi connectivity index (χ2n) is 14.7. The minimum Gasteiger partial charge on any atom is -0.491 e. The Labute approximate surface area is 273 Å². The summed E-state index contributed by atoms with van der Waals surface area (Å²) in [5.74, 6) is 2.32. The normalized spacial score (nSPS) is 22.1.